The van der Waals surface area contributed by atoms with Gasteiger partial charge in [0.1, 0.15) is 13.1 Å². The van der Waals surface area contributed by atoms with Crippen molar-refractivity contribution in [3.05, 3.63) is 0 Å². The van der Waals surface area contributed by atoms with Crippen molar-refractivity contribution in [2.45, 2.75) is 0 Å². The lowest BCUT2D eigenvalue weighted by Crippen LogP contribution is -2.52. The summed E-state index contributed by atoms with van der Waals surface area (Å²) in [5, 5.41) is 0. The van der Waals surface area contributed by atoms with Crippen molar-refractivity contribution >= 4 is 0 Å². The summed E-state index contributed by atoms with van der Waals surface area (Å²) in [4.78, 5) is 0. The molecule has 1 fully saturated rings. The molecular weight excluding hydrogens is 130 g/mol. The zero-order valence-electron chi connectivity index (χ0n) is 6.80. The normalized spacial score (nSPS) is 24.6. The number of likely N-dealkylation sites (N-methyl/N-ethyl adjacent to an activating group) is 1. The van der Waals surface area contributed by atoms with Gasteiger partial charge in [0.25, 0.3) is 0 Å². The molecule has 0 aromatic carbocycles. The predicted molar refractivity (Wildman–Crippen MR) is 38.6 cm³/mol. The van der Waals surface area contributed by atoms with Crippen molar-refractivity contribution in [2.24, 2.45) is 0 Å². The number of hydrogen-bond donors (Lipinski definition) is 0. The van der Waals surface area contributed by atoms with E-state index in [0.717, 1.165) is 37.5 Å². The molecule has 0 aliphatic carbocycles. The van der Waals surface area contributed by atoms with Crippen LogP contribution in [0.15, 0.2) is 0 Å². The number of quaternary nitrogens is 1. The van der Waals surface area contributed by atoms with Gasteiger partial charge in [0.05, 0.1) is 20.3 Å². The fourth-order valence-corrected chi connectivity index (χ4v) is 1.22. The van der Waals surface area contributed by atoms with E-state index in [1.807, 2.05) is 0 Å². The lowest BCUT2D eigenvalue weighted by molar-refractivity contribution is -0.934. The van der Waals surface area contributed by atoms with Crippen LogP contribution in [-0.2, 0) is 9.47 Å². The van der Waals surface area contributed by atoms with Crippen molar-refractivity contribution in [3.8, 4) is 0 Å². The molecule has 1 aliphatic heterocycles. The third-order valence-corrected chi connectivity index (χ3v) is 1.99. The van der Waals surface area contributed by atoms with Crippen LogP contribution in [0.1, 0.15) is 0 Å². The standard InChI is InChI=1S/C7H16NO2/c1-8(7-9-2)3-5-10-6-4-8/h3-7H2,1-2H3/q+1. The molecule has 0 aromatic rings. The molecule has 0 spiro atoms. The van der Waals surface area contributed by atoms with Crippen LogP contribution in [0.2, 0.25) is 0 Å². The van der Waals surface area contributed by atoms with Gasteiger partial charge in [0.2, 0.25) is 0 Å². The number of methoxy groups -OCH3 is 1. The Labute approximate surface area is 62.1 Å². The van der Waals surface area contributed by atoms with E-state index in [1.165, 1.54) is 0 Å². The van der Waals surface area contributed by atoms with Gasteiger partial charge in [-0.05, 0) is 0 Å². The Balaban J connectivity index is 2.32. The van der Waals surface area contributed by atoms with Crippen molar-refractivity contribution in [3.63, 3.8) is 0 Å². The minimum Gasteiger partial charge on any atom is -0.370 e. The molecule has 0 amide bonds. The van der Waals surface area contributed by atoms with Crippen LogP contribution in [-0.4, -0.2) is 51.7 Å². The van der Waals surface area contributed by atoms with Crippen molar-refractivity contribution in [1.29, 1.82) is 0 Å². The van der Waals surface area contributed by atoms with Gasteiger partial charge >= 0.3 is 0 Å². The third kappa shape index (κ3) is 1.94. The summed E-state index contributed by atoms with van der Waals surface area (Å²) < 4.78 is 11.3. The molecule has 1 saturated heterocycles. The highest BCUT2D eigenvalue weighted by Crippen LogP contribution is 2.06. The van der Waals surface area contributed by atoms with Gasteiger partial charge < -0.3 is 9.47 Å². The molecule has 1 heterocycles. The molecule has 3 heteroatoms. The zero-order valence-corrected chi connectivity index (χ0v) is 6.80. The second kappa shape index (κ2) is 3.32. The van der Waals surface area contributed by atoms with Gasteiger partial charge in [-0.1, -0.05) is 0 Å². The van der Waals surface area contributed by atoms with Crippen LogP contribution in [0.25, 0.3) is 0 Å². The summed E-state index contributed by atoms with van der Waals surface area (Å²) in [5.41, 5.74) is 0. The van der Waals surface area contributed by atoms with Crippen LogP contribution in [0.5, 0.6) is 0 Å². The Bertz CT molecular complexity index is 94.3. The summed E-state index contributed by atoms with van der Waals surface area (Å²) >= 11 is 0. The summed E-state index contributed by atoms with van der Waals surface area (Å²) in [6.45, 7) is 4.71. The van der Waals surface area contributed by atoms with E-state index in [2.05, 4.69) is 7.05 Å². The molecule has 10 heavy (non-hydrogen) atoms. The van der Waals surface area contributed by atoms with E-state index >= 15 is 0 Å². The number of hydrogen-bond acceptors (Lipinski definition) is 2. The SMILES string of the molecule is COC[N+]1(C)CCOCC1. The Morgan fingerprint density at radius 1 is 1.40 bits per heavy atom. The molecule has 0 atom stereocenters. The molecule has 0 aromatic heterocycles. The molecule has 0 radical (unpaired) electrons. The molecule has 0 saturated carbocycles. The second-order valence-electron chi connectivity index (χ2n) is 3.10. The van der Waals surface area contributed by atoms with Crippen molar-refractivity contribution in [1.82, 2.24) is 0 Å². The lowest BCUT2D eigenvalue weighted by Gasteiger charge is -2.36. The molecule has 3 nitrogen and oxygen atoms in total. The van der Waals surface area contributed by atoms with E-state index in [4.69, 9.17) is 9.47 Å². The maximum absolute atomic E-state index is 5.24. The monoisotopic (exact) mass is 146 g/mol. The molecule has 1 aliphatic rings. The maximum Gasteiger partial charge on any atom is 0.182 e. The van der Waals surface area contributed by atoms with Gasteiger partial charge in [0.15, 0.2) is 6.73 Å². The highest BCUT2D eigenvalue weighted by Gasteiger charge is 2.24. The first-order chi connectivity index (χ1) is 4.77. The average Bonchev–Trinajstić information content (AvgIpc) is 1.89. The van der Waals surface area contributed by atoms with Gasteiger partial charge in [-0.3, -0.25) is 4.48 Å². The third-order valence-electron chi connectivity index (χ3n) is 1.99. The Morgan fingerprint density at radius 2 is 2.00 bits per heavy atom. The number of morpholine rings is 1. The van der Waals surface area contributed by atoms with E-state index in [9.17, 15) is 0 Å². The minimum absolute atomic E-state index is 0.809. The first-order valence-electron chi connectivity index (χ1n) is 3.67. The quantitative estimate of drug-likeness (QED) is 0.513. The summed E-state index contributed by atoms with van der Waals surface area (Å²) in [6, 6.07) is 0. The fraction of sp³-hybridized carbons (Fsp3) is 1.00. The summed E-state index contributed by atoms with van der Waals surface area (Å²) in [6.07, 6.45) is 0. The van der Waals surface area contributed by atoms with Crippen LogP contribution in [0.3, 0.4) is 0 Å². The second-order valence-corrected chi connectivity index (χ2v) is 3.10. The van der Waals surface area contributed by atoms with Gasteiger partial charge in [-0.25, -0.2) is 0 Å². The van der Waals surface area contributed by atoms with Gasteiger partial charge in [0, 0.05) is 7.11 Å². The van der Waals surface area contributed by atoms with Crippen LogP contribution in [0.4, 0.5) is 0 Å². The average molecular weight is 146 g/mol. The maximum atomic E-state index is 5.24. The molecule has 0 bridgehead atoms. The zero-order chi connectivity index (χ0) is 7.45. The molecule has 60 valence electrons. The largest absolute Gasteiger partial charge is 0.370 e. The smallest absolute Gasteiger partial charge is 0.182 e. The van der Waals surface area contributed by atoms with Gasteiger partial charge in [-0.2, -0.15) is 0 Å². The molecule has 1 rings (SSSR count). The Morgan fingerprint density at radius 3 is 2.50 bits per heavy atom. The Kier molecular flexibility index (Phi) is 2.65. The van der Waals surface area contributed by atoms with Crippen LogP contribution in [0, 0.1) is 0 Å². The first kappa shape index (κ1) is 7.98. The van der Waals surface area contributed by atoms with Gasteiger partial charge in [-0.15, -0.1) is 0 Å². The Hall–Kier alpha value is -0.120. The molecular formula is C7H16NO2+. The number of ether oxygens (including phenoxy) is 2. The summed E-state index contributed by atoms with van der Waals surface area (Å²) in [5.74, 6) is 0. The van der Waals surface area contributed by atoms with E-state index in [0.29, 0.717) is 0 Å². The highest BCUT2D eigenvalue weighted by atomic mass is 16.5. The van der Waals surface area contributed by atoms with E-state index < -0.39 is 0 Å². The van der Waals surface area contributed by atoms with Crippen molar-refractivity contribution < 1.29 is 14.0 Å². The lowest BCUT2D eigenvalue weighted by atomic mass is 10.4. The predicted octanol–water partition coefficient (Wildman–Crippen LogP) is 0.0671. The summed E-state index contributed by atoms with van der Waals surface area (Å²) in [7, 11) is 3.95. The fourth-order valence-electron chi connectivity index (χ4n) is 1.22. The number of rotatable bonds is 2. The van der Waals surface area contributed by atoms with E-state index in [1.54, 1.807) is 7.11 Å². The van der Waals surface area contributed by atoms with Crippen LogP contribution < -0.4 is 0 Å². The topological polar surface area (TPSA) is 18.5 Å². The minimum atomic E-state index is 0.809. The highest BCUT2D eigenvalue weighted by molar-refractivity contribution is 4.42. The first-order valence-corrected chi connectivity index (χ1v) is 3.67. The van der Waals surface area contributed by atoms with E-state index in [-0.39, 0.29) is 0 Å². The molecule has 0 N–H and O–H groups in total. The molecule has 0 unspecified atom stereocenters. The van der Waals surface area contributed by atoms with Crippen LogP contribution >= 0.6 is 0 Å². The number of nitrogens with zero attached hydrogens (tertiary/aromatic N) is 1. The van der Waals surface area contributed by atoms with Crippen molar-refractivity contribution in [2.75, 3.05) is 47.2 Å².